The summed E-state index contributed by atoms with van der Waals surface area (Å²) < 4.78 is 11.3. The van der Waals surface area contributed by atoms with Gasteiger partial charge in [0.2, 0.25) is 0 Å². The molecule has 3 aromatic rings. The van der Waals surface area contributed by atoms with Crippen LogP contribution in [0.3, 0.4) is 0 Å². The van der Waals surface area contributed by atoms with E-state index in [0.29, 0.717) is 18.8 Å². The SMILES string of the molecule is CCCOc1ccc(/C(O)=C2/C(=O)C(=O)N(Cc3ccc(OCC)cc3)C2c2ccc(N(C)C)cc2)cc1C. The first-order valence-electron chi connectivity index (χ1n) is 13.3. The highest BCUT2D eigenvalue weighted by Crippen LogP contribution is 2.41. The minimum Gasteiger partial charge on any atom is -0.507 e. The van der Waals surface area contributed by atoms with Crippen LogP contribution in [0.5, 0.6) is 11.5 Å². The smallest absolute Gasteiger partial charge is 0.295 e. The molecule has 4 rings (SSSR count). The molecule has 1 saturated heterocycles. The Morgan fingerprint density at radius 3 is 2.23 bits per heavy atom. The fourth-order valence-corrected chi connectivity index (χ4v) is 4.73. The van der Waals surface area contributed by atoms with Crippen molar-refractivity contribution in [3.8, 4) is 11.5 Å². The molecular weight excluding hydrogens is 492 g/mol. The van der Waals surface area contributed by atoms with Crippen LogP contribution in [0.25, 0.3) is 5.76 Å². The molecule has 1 unspecified atom stereocenters. The molecule has 3 aromatic carbocycles. The maximum Gasteiger partial charge on any atom is 0.295 e. The second-order valence-corrected chi connectivity index (χ2v) is 9.82. The highest BCUT2D eigenvalue weighted by molar-refractivity contribution is 6.46. The Morgan fingerprint density at radius 2 is 1.64 bits per heavy atom. The van der Waals surface area contributed by atoms with Crippen molar-refractivity contribution in [3.05, 3.63) is 94.6 Å². The van der Waals surface area contributed by atoms with Gasteiger partial charge < -0.3 is 24.4 Å². The fraction of sp³-hybridized carbons (Fsp3) is 0.312. The summed E-state index contributed by atoms with van der Waals surface area (Å²) in [6.07, 6.45) is 0.881. The predicted octanol–water partition coefficient (Wildman–Crippen LogP) is 5.87. The van der Waals surface area contributed by atoms with Gasteiger partial charge in [-0.25, -0.2) is 0 Å². The summed E-state index contributed by atoms with van der Waals surface area (Å²) in [5, 5.41) is 11.5. The third kappa shape index (κ3) is 5.93. The summed E-state index contributed by atoms with van der Waals surface area (Å²) in [5.41, 5.74) is 3.95. The summed E-state index contributed by atoms with van der Waals surface area (Å²) >= 11 is 0. The molecule has 1 fully saturated rings. The second kappa shape index (κ2) is 12.1. The van der Waals surface area contributed by atoms with Crippen LogP contribution in [-0.2, 0) is 16.1 Å². The monoisotopic (exact) mass is 528 g/mol. The van der Waals surface area contributed by atoms with E-state index in [2.05, 4.69) is 0 Å². The van der Waals surface area contributed by atoms with Crippen molar-refractivity contribution in [2.75, 3.05) is 32.2 Å². The molecule has 0 spiro atoms. The number of Topliss-reactive ketones (excluding diaryl/α,β-unsaturated/α-hetero) is 1. The molecule has 1 amide bonds. The summed E-state index contributed by atoms with van der Waals surface area (Å²) in [4.78, 5) is 30.4. The first-order chi connectivity index (χ1) is 18.7. The summed E-state index contributed by atoms with van der Waals surface area (Å²) in [7, 11) is 3.90. The van der Waals surface area contributed by atoms with E-state index in [1.54, 1.807) is 18.2 Å². The van der Waals surface area contributed by atoms with Crippen molar-refractivity contribution < 1.29 is 24.2 Å². The minimum absolute atomic E-state index is 0.0742. The van der Waals surface area contributed by atoms with Gasteiger partial charge in [-0.2, -0.15) is 0 Å². The number of anilines is 1. The third-order valence-electron chi connectivity index (χ3n) is 6.76. The van der Waals surface area contributed by atoms with Crippen molar-refractivity contribution in [2.24, 2.45) is 0 Å². The van der Waals surface area contributed by atoms with E-state index in [4.69, 9.17) is 9.47 Å². The van der Waals surface area contributed by atoms with E-state index in [-0.39, 0.29) is 17.9 Å². The van der Waals surface area contributed by atoms with Crippen LogP contribution in [0.15, 0.2) is 72.3 Å². The molecule has 0 bridgehead atoms. The highest BCUT2D eigenvalue weighted by Gasteiger charge is 2.46. The van der Waals surface area contributed by atoms with Crippen molar-refractivity contribution >= 4 is 23.1 Å². The van der Waals surface area contributed by atoms with E-state index in [0.717, 1.165) is 40.3 Å². The van der Waals surface area contributed by atoms with Gasteiger partial charge in [-0.15, -0.1) is 0 Å². The number of rotatable bonds is 10. The fourth-order valence-electron chi connectivity index (χ4n) is 4.73. The molecule has 1 atom stereocenters. The Bertz CT molecular complexity index is 1360. The van der Waals surface area contributed by atoms with E-state index >= 15 is 0 Å². The van der Waals surface area contributed by atoms with Crippen molar-refractivity contribution in [3.63, 3.8) is 0 Å². The van der Waals surface area contributed by atoms with Crippen LogP contribution in [0.1, 0.15) is 48.6 Å². The van der Waals surface area contributed by atoms with E-state index in [9.17, 15) is 14.7 Å². The molecule has 39 heavy (non-hydrogen) atoms. The van der Waals surface area contributed by atoms with E-state index < -0.39 is 17.7 Å². The van der Waals surface area contributed by atoms with Crippen LogP contribution in [0, 0.1) is 6.92 Å². The molecule has 0 radical (unpaired) electrons. The molecule has 0 aromatic heterocycles. The lowest BCUT2D eigenvalue weighted by Crippen LogP contribution is -2.29. The number of ether oxygens (including phenoxy) is 2. The lowest BCUT2D eigenvalue weighted by molar-refractivity contribution is -0.140. The summed E-state index contributed by atoms with van der Waals surface area (Å²) in [6, 6.07) is 19.7. The number of carbonyl (C=O) groups excluding carboxylic acids is 2. The molecule has 1 aliphatic heterocycles. The number of ketones is 1. The molecule has 0 aliphatic carbocycles. The Morgan fingerprint density at radius 1 is 0.949 bits per heavy atom. The van der Waals surface area contributed by atoms with Crippen LogP contribution < -0.4 is 14.4 Å². The Kier molecular flexibility index (Phi) is 8.59. The lowest BCUT2D eigenvalue weighted by Gasteiger charge is -2.26. The van der Waals surface area contributed by atoms with Crippen LogP contribution >= 0.6 is 0 Å². The standard InChI is InChI=1S/C32H36N2O5/c1-6-18-39-27-17-12-24(19-21(27)3)30(35)28-29(23-10-13-25(14-11-23)33(4)5)34(32(37)31(28)36)20-22-8-15-26(16-9-22)38-7-2/h8-17,19,29,35H,6-7,18,20H2,1-5H3/b30-28-. The zero-order valence-corrected chi connectivity index (χ0v) is 23.2. The van der Waals surface area contributed by atoms with Crippen LogP contribution in [0.2, 0.25) is 0 Å². The highest BCUT2D eigenvalue weighted by atomic mass is 16.5. The van der Waals surface area contributed by atoms with Gasteiger partial charge in [-0.05, 0) is 79.4 Å². The number of carbonyl (C=O) groups is 2. The molecule has 7 nitrogen and oxygen atoms in total. The van der Waals surface area contributed by atoms with Gasteiger partial charge in [0.05, 0.1) is 24.8 Å². The number of nitrogens with zero attached hydrogens (tertiary/aromatic N) is 2. The largest absolute Gasteiger partial charge is 0.507 e. The number of aryl methyl sites for hydroxylation is 1. The number of benzene rings is 3. The summed E-state index contributed by atoms with van der Waals surface area (Å²) in [6.45, 7) is 7.20. The molecule has 1 aliphatic rings. The van der Waals surface area contributed by atoms with Crippen LogP contribution in [0.4, 0.5) is 5.69 Å². The van der Waals surface area contributed by atoms with Gasteiger partial charge in [0.15, 0.2) is 0 Å². The van der Waals surface area contributed by atoms with E-state index in [1.165, 1.54) is 4.90 Å². The van der Waals surface area contributed by atoms with Gasteiger partial charge in [-0.3, -0.25) is 9.59 Å². The van der Waals surface area contributed by atoms with Gasteiger partial charge in [0, 0.05) is 31.9 Å². The molecule has 1 heterocycles. The third-order valence-corrected chi connectivity index (χ3v) is 6.76. The maximum atomic E-state index is 13.5. The average Bonchev–Trinajstić information content (AvgIpc) is 3.18. The molecule has 7 heteroatoms. The average molecular weight is 529 g/mol. The maximum absolute atomic E-state index is 13.5. The number of amides is 1. The first-order valence-corrected chi connectivity index (χ1v) is 13.3. The van der Waals surface area contributed by atoms with Gasteiger partial charge >= 0.3 is 0 Å². The van der Waals surface area contributed by atoms with E-state index in [1.807, 2.05) is 88.3 Å². The van der Waals surface area contributed by atoms with Gasteiger partial charge in [-0.1, -0.05) is 31.2 Å². The predicted molar refractivity (Wildman–Crippen MR) is 153 cm³/mol. The molecule has 1 N–H and O–H groups in total. The number of hydrogen-bond donors (Lipinski definition) is 1. The minimum atomic E-state index is -0.746. The van der Waals surface area contributed by atoms with Gasteiger partial charge in [0.25, 0.3) is 11.7 Å². The Labute approximate surface area is 230 Å². The number of likely N-dealkylation sites (tertiary alicyclic amines) is 1. The van der Waals surface area contributed by atoms with Crippen molar-refractivity contribution in [2.45, 2.75) is 39.8 Å². The zero-order valence-electron chi connectivity index (χ0n) is 23.2. The van der Waals surface area contributed by atoms with Crippen molar-refractivity contribution in [1.29, 1.82) is 0 Å². The molecule has 204 valence electrons. The quantitative estimate of drug-likeness (QED) is 0.201. The first kappa shape index (κ1) is 27.8. The topological polar surface area (TPSA) is 79.3 Å². The second-order valence-electron chi connectivity index (χ2n) is 9.82. The zero-order chi connectivity index (χ0) is 28.1. The van der Waals surface area contributed by atoms with Crippen LogP contribution in [-0.4, -0.2) is 49.0 Å². The number of aliphatic hydroxyl groups is 1. The Hall–Kier alpha value is -4.26. The molecular formula is C32H36N2O5. The number of hydrogen-bond acceptors (Lipinski definition) is 6. The van der Waals surface area contributed by atoms with Crippen molar-refractivity contribution in [1.82, 2.24) is 4.90 Å². The normalized spacial score (nSPS) is 16.4. The Balaban J connectivity index is 1.78. The summed E-state index contributed by atoms with van der Waals surface area (Å²) in [5.74, 6) is -0.0914. The number of aliphatic hydroxyl groups excluding tert-OH is 1. The molecule has 0 saturated carbocycles. The lowest BCUT2D eigenvalue weighted by atomic mass is 9.94. The van der Waals surface area contributed by atoms with Gasteiger partial charge in [0.1, 0.15) is 17.3 Å².